The van der Waals surface area contributed by atoms with Crippen molar-refractivity contribution in [3.8, 4) is 0 Å². The van der Waals surface area contributed by atoms with E-state index in [-0.39, 0.29) is 5.78 Å². The van der Waals surface area contributed by atoms with Crippen molar-refractivity contribution in [1.82, 2.24) is 4.98 Å². The number of halogens is 1. The average Bonchev–Trinajstić information content (AvgIpc) is 2.05. The van der Waals surface area contributed by atoms with E-state index >= 15 is 0 Å². The zero-order chi connectivity index (χ0) is 8.97. The summed E-state index contributed by atoms with van der Waals surface area (Å²) in [6.07, 6.45) is 5.14. The second-order valence-corrected chi connectivity index (χ2v) is 3.22. The molecule has 1 aromatic heterocycles. The molecule has 1 heterocycles. The zero-order valence-electron chi connectivity index (χ0n) is 6.46. The normalized spacial score (nSPS) is 9.42. The Morgan fingerprint density at radius 1 is 1.67 bits per heavy atom. The smallest absolute Gasteiger partial charge is 0.168 e. The van der Waals surface area contributed by atoms with E-state index in [1.165, 1.54) is 0 Å². The van der Waals surface area contributed by atoms with Gasteiger partial charge in [-0.25, -0.2) is 0 Å². The van der Waals surface area contributed by atoms with Crippen LogP contribution in [0.3, 0.4) is 0 Å². The summed E-state index contributed by atoms with van der Waals surface area (Å²) in [4.78, 5) is 15.2. The number of pyridine rings is 1. The summed E-state index contributed by atoms with van der Waals surface area (Å²) < 4.78 is 0.817. The van der Waals surface area contributed by atoms with Crippen LogP contribution in [-0.4, -0.2) is 10.8 Å². The third kappa shape index (κ3) is 2.27. The van der Waals surface area contributed by atoms with Crippen molar-refractivity contribution in [2.24, 2.45) is 0 Å². The molecule has 3 heteroatoms. The Morgan fingerprint density at radius 2 is 2.42 bits per heavy atom. The number of allylic oxidation sites excluding steroid dienone is 1. The number of ketones is 1. The van der Waals surface area contributed by atoms with Gasteiger partial charge in [0.05, 0.1) is 0 Å². The van der Waals surface area contributed by atoms with Crippen molar-refractivity contribution < 1.29 is 4.79 Å². The lowest BCUT2D eigenvalue weighted by molar-refractivity contribution is 0.0995. The quantitative estimate of drug-likeness (QED) is 0.585. The topological polar surface area (TPSA) is 30.0 Å². The molecular formula is C9H8BrNO. The molecule has 2 nitrogen and oxygen atoms in total. The molecule has 0 unspecified atom stereocenters. The first-order valence-corrected chi connectivity index (χ1v) is 4.28. The molecule has 0 bridgehead atoms. The predicted molar refractivity (Wildman–Crippen MR) is 51.1 cm³/mol. The molecule has 0 fully saturated rings. The molecule has 0 saturated heterocycles. The molecule has 62 valence electrons. The molecule has 0 spiro atoms. The summed E-state index contributed by atoms with van der Waals surface area (Å²) in [5, 5.41) is 0. The van der Waals surface area contributed by atoms with Crippen molar-refractivity contribution in [2.75, 3.05) is 0 Å². The molecule has 1 rings (SSSR count). The van der Waals surface area contributed by atoms with Crippen molar-refractivity contribution in [2.45, 2.75) is 6.42 Å². The molecule has 0 aromatic carbocycles. The monoisotopic (exact) mass is 225 g/mol. The van der Waals surface area contributed by atoms with Gasteiger partial charge in [-0.15, -0.1) is 6.58 Å². The lowest BCUT2D eigenvalue weighted by Crippen LogP contribution is -1.97. The SMILES string of the molecule is C=CCC(=O)c1cncc(Br)c1. The van der Waals surface area contributed by atoms with E-state index in [0.717, 1.165) is 4.47 Å². The van der Waals surface area contributed by atoms with E-state index in [2.05, 4.69) is 27.5 Å². The van der Waals surface area contributed by atoms with E-state index < -0.39 is 0 Å². The summed E-state index contributed by atoms with van der Waals surface area (Å²) in [5.41, 5.74) is 0.615. The fourth-order valence-electron chi connectivity index (χ4n) is 0.813. The summed E-state index contributed by atoms with van der Waals surface area (Å²) >= 11 is 3.24. The van der Waals surface area contributed by atoms with E-state index in [0.29, 0.717) is 12.0 Å². The van der Waals surface area contributed by atoms with Crippen molar-refractivity contribution in [1.29, 1.82) is 0 Å². The van der Waals surface area contributed by atoms with Crippen molar-refractivity contribution in [3.05, 3.63) is 41.2 Å². The lowest BCUT2D eigenvalue weighted by atomic mass is 10.1. The Balaban J connectivity index is 2.87. The first kappa shape index (κ1) is 9.13. The maximum absolute atomic E-state index is 11.3. The zero-order valence-corrected chi connectivity index (χ0v) is 8.04. The van der Waals surface area contributed by atoms with Crippen LogP contribution in [0.25, 0.3) is 0 Å². The largest absolute Gasteiger partial charge is 0.294 e. The molecule has 0 saturated carbocycles. The van der Waals surface area contributed by atoms with Crippen molar-refractivity contribution in [3.63, 3.8) is 0 Å². The molecule has 0 aliphatic carbocycles. The van der Waals surface area contributed by atoms with Crippen LogP contribution in [0.15, 0.2) is 35.6 Å². The van der Waals surface area contributed by atoms with Crippen molar-refractivity contribution >= 4 is 21.7 Å². The third-order valence-electron chi connectivity index (χ3n) is 1.36. The molecule has 0 atom stereocenters. The maximum atomic E-state index is 11.3. The first-order valence-electron chi connectivity index (χ1n) is 3.48. The minimum Gasteiger partial charge on any atom is -0.294 e. The van der Waals surface area contributed by atoms with Crippen LogP contribution in [0.5, 0.6) is 0 Å². The summed E-state index contributed by atoms with van der Waals surface area (Å²) in [6.45, 7) is 3.50. The van der Waals surface area contributed by atoms with E-state index in [1.807, 2.05) is 0 Å². The van der Waals surface area contributed by atoms with Gasteiger partial charge in [0.25, 0.3) is 0 Å². The van der Waals surface area contributed by atoms with Gasteiger partial charge in [-0.3, -0.25) is 9.78 Å². The van der Waals surface area contributed by atoms with Gasteiger partial charge in [0.2, 0.25) is 0 Å². The Kier molecular flexibility index (Phi) is 3.17. The van der Waals surface area contributed by atoms with Gasteiger partial charge >= 0.3 is 0 Å². The number of rotatable bonds is 3. The maximum Gasteiger partial charge on any atom is 0.168 e. The number of Topliss-reactive ketones (excluding diaryl/α,β-unsaturated/α-hetero) is 1. The number of nitrogens with zero attached hydrogens (tertiary/aromatic N) is 1. The third-order valence-corrected chi connectivity index (χ3v) is 1.79. The van der Waals surface area contributed by atoms with Crippen LogP contribution < -0.4 is 0 Å². The van der Waals surface area contributed by atoms with Gasteiger partial charge in [0.1, 0.15) is 0 Å². The van der Waals surface area contributed by atoms with Crippen LogP contribution in [0, 0.1) is 0 Å². The number of hydrogen-bond donors (Lipinski definition) is 0. The number of aromatic nitrogens is 1. The lowest BCUT2D eigenvalue weighted by Gasteiger charge is -1.96. The Bertz CT molecular complexity index is 309. The van der Waals surface area contributed by atoms with Gasteiger partial charge < -0.3 is 0 Å². The van der Waals surface area contributed by atoms with Gasteiger partial charge in [-0.1, -0.05) is 6.08 Å². The Hall–Kier alpha value is -0.960. The number of carbonyl (C=O) groups excluding carboxylic acids is 1. The van der Waals surface area contributed by atoms with Crippen LogP contribution in [0.4, 0.5) is 0 Å². The molecule has 0 N–H and O–H groups in total. The minimum atomic E-state index is 0.0406. The Morgan fingerprint density at radius 3 is 3.00 bits per heavy atom. The number of hydrogen-bond acceptors (Lipinski definition) is 2. The van der Waals surface area contributed by atoms with Gasteiger partial charge in [-0.2, -0.15) is 0 Å². The van der Waals surface area contributed by atoms with E-state index in [1.54, 1.807) is 24.5 Å². The van der Waals surface area contributed by atoms with Gasteiger partial charge in [0, 0.05) is 28.9 Å². The fourth-order valence-corrected chi connectivity index (χ4v) is 1.18. The highest BCUT2D eigenvalue weighted by Gasteiger charge is 2.03. The molecule has 0 radical (unpaired) electrons. The van der Waals surface area contributed by atoms with Gasteiger partial charge in [0.15, 0.2) is 5.78 Å². The van der Waals surface area contributed by atoms with E-state index in [9.17, 15) is 4.79 Å². The van der Waals surface area contributed by atoms with Gasteiger partial charge in [-0.05, 0) is 22.0 Å². The summed E-state index contributed by atoms with van der Waals surface area (Å²) in [5.74, 6) is 0.0406. The number of carbonyl (C=O) groups is 1. The van der Waals surface area contributed by atoms with Crippen LogP contribution >= 0.6 is 15.9 Å². The highest BCUT2D eigenvalue weighted by molar-refractivity contribution is 9.10. The standard InChI is InChI=1S/C9H8BrNO/c1-2-3-9(12)7-4-8(10)6-11-5-7/h2,4-6H,1,3H2. The second-order valence-electron chi connectivity index (χ2n) is 2.31. The minimum absolute atomic E-state index is 0.0406. The van der Waals surface area contributed by atoms with Crippen LogP contribution in [0.1, 0.15) is 16.8 Å². The predicted octanol–water partition coefficient (Wildman–Crippen LogP) is 2.60. The summed E-state index contributed by atoms with van der Waals surface area (Å²) in [7, 11) is 0. The molecule has 12 heavy (non-hydrogen) atoms. The fraction of sp³-hybridized carbons (Fsp3) is 0.111. The molecule has 0 aliphatic heterocycles. The highest BCUT2D eigenvalue weighted by atomic mass is 79.9. The second kappa shape index (κ2) is 4.16. The molecule has 0 aliphatic rings. The molecular weight excluding hydrogens is 218 g/mol. The van der Waals surface area contributed by atoms with E-state index in [4.69, 9.17) is 0 Å². The van der Waals surface area contributed by atoms with Crippen LogP contribution in [0.2, 0.25) is 0 Å². The molecule has 1 aromatic rings. The molecule has 0 amide bonds. The highest BCUT2D eigenvalue weighted by Crippen LogP contribution is 2.11. The van der Waals surface area contributed by atoms with Crippen LogP contribution in [-0.2, 0) is 0 Å². The summed E-state index contributed by atoms with van der Waals surface area (Å²) in [6, 6.07) is 1.75. The first-order chi connectivity index (χ1) is 5.74. The Labute approximate surface area is 79.5 Å². The average molecular weight is 226 g/mol.